The lowest BCUT2D eigenvalue weighted by Crippen LogP contribution is -2.00. The van der Waals surface area contributed by atoms with Crippen LogP contribution in [-0.4, -0.2) is 9.97 Å². The lowest BCUT2D eigenvalue weighted by Gasteiger charge is -2.08. The fraction of sp³-hybridized carbons (Fsp3) is 0.231. The van der Waals surface area contributed by atoms with Crippen LogP contribution in [0.4, 0.5) is 4.39 Å². The molecule has 94 valence electrons. The van der Waals surface area contributed by atoms with E-state index >= 15 is 0 Å². The van der Waals surface area contributed by atoms with E-state index in [0.717, 1.165) is 22.3 Å². The molecule has 0 bridgehead atoms. The summed E-state index contributed by atoms with van der Waals surface area (Å²) >= 11 is 6.64. The summed E-state index contributed by atoms with van der Waals surface area (Å²) in [6.45, 7) is 3.95. The first-order chi connectivity index (χ1) is 8.52. The molecule has 2 nitrogen and oxygen atoms in total. The van der Waals surface area contributed by atoms with Crippen molar-refractivity contribution < 1.29 is 4.39 Å². The summed E-state index contributed by atoms with van der Waals surface area (Å²) in [6, 6.07) is 4.86. The largest absolute Gasteiger partial charge is 0.233 e. The molecule has 0 aliphatic carbocycles. The highest BCUT2D eigenvalue weighted by Gasteiger charge is 2.13. The molecule has 2 rings (SSSR count). The lowest BCUT2D eigenvalue weighted by atomic mass is 10.1. The predicted molar refractivity (Wildman–Crippen MR) is 76.9 cm³/mol. The van der Waals surface area contributed by atoms with Gasteiger partial charge in [0.15, 0.2) is 5.82 Å². The molecule has 0 amide bonds. The van der Waals surface area contributed by atoms with Gasteiger partial charge in [-0.25, -0.2) is 14.4 Å². The number of halogens is 3. The van der Waals surface area contributed by atoms with Crippen molar-refractivity contribution in [1.29, 1.82) is 0 Å². The maximum atomic E-state index is 13.9. The van der Waals surface area contributed by atoms with Gasteiger partial charge in [0.2, 0.25) is 0 Å². The molecule has 0 radical (unpaired) electrons. The number of aryl methyl sites for hydroxylation is 1. The highest BCUT2D eigenvalue weighted by atomic mass is 79.9. The Morgan fingerprint density at radius 3 is 2.50 bits per heavy atom. The van der Waals surface area contributed by atoms with E-state index in [4.69, 9.17) is 0 Å². The van der Waals surface area contributed by atoms with Gasteiger partial charge in [-0.15, -0.1) is 0 Å². The molecule has 18 heavy (non-hydrogen) atoms. The smallest absolute Gasteiger partial charge is 0.163 e. The van der Waals surface area contributed by atoms with E-state index in [1.165, 1.54) is 6.07 Å². The van der Waals surface area contributed by atoms with Crippen LogP contribution in [0.25, 0.3) is 11.4 Å². The molecular weight excluding hydrogens is 363 g/mol. The fourth-order valence-electron chi connectivity index (χ4n) is 1.75. The van der Waals surface area contributed by atoms with Gasteiger partial charge in [0.25, 0.3) is 0 Å². The minimum absolute atomic E-state index is 0.333. The second kappa shape index (κ2) is 5.45. The Balaban J connectivity index is 2.58. The van der Waals surface area contributed by atoms with Crippen LogP contribution in [0.2, 0.25) is 0 Å². The van der Waals surface area contributed by atoms with Crippen LogP contribution in [0.3, 0.4) is 0 Å². The molecule has 0 saturated carbocycles. The zero-order valence-corrected chi connectivity index (χ0v) is 13.1. The van der Waals surface area contributed by atoms with Crippen molar-refractivity contribution in [2.24, 2.45) is 0 Å². The van der Waals surface area contributed by atoms with Gasteiger partial charge in [-0.05, 0) is 47.5 Å². The van der Waals surface area contributed by atoms with Crippen LogP contribution < -0.4 is 0 Å². The molecule has 5 heteroatoms. The first kappa shape index (κ1) is 13.6. The zero-order valence-electron chi connectivity index (χ0n) is 9.97. The Morgan fingerprint density at radius 2 is 1.94 bits per heavy atom. The van der Waals surface area contributed by atoms with Crippen molar-refractivity contribution in [3.63, 3.8) is 0 Å². The van der Waals surface area contributed by atoms with Crippen molar-refractivity contribution in [2.45, 2.75) is 20.3 Å². The molecule has 0 unspecified atom stereocenters. The average Bonchev–Trinajstić information content (AvgIpc) is 2.28. The topological polar surface area (TPSA) is 25.8 Å². The third-order valence-electron chi connectivity index (χ3n) is 2.69. The van der Waals surface area contributed by atoms with E-state index in [0.29, 0.717) is 15.9 Å². The molecule has 0 saturated heterocycles. The normalized spacial score (nSPS) is 10.7. The van der Waals surface area contributed by atoms with Crippen molar-refractivity contribution in [3.05, 3.63) is 44.3 Å². The van der Waals surface area contributed by atoms with Gasteiger partial charge in [-0.3, -0.25) is 0 Å². The molecule has 0 aliphatic rings. The third-order valence-corrected chi connectivity index (χ3v) is 3.84. The molecule has 0 aliphatic heterocycles. The van der Waals surface area contributed by atoms with Crippen LogP contribution in [-0.2, 0) is 6.42 Å². The Labute approximate surface area is 122 Å². The molecule has 2 aromatic rings. The van der Waals surface area contributed by atoms with E-state index in [1.807, 2.05) is 13.8 Å². The molecule has 1 heterocycles. The van der Waals surface area contributed by atoms with Gasteiger partial charge in [-0.2, -0.15) is 0 Å². The van der Waals surface area contributed by atoms with Gasteiger partial charge < -0.3 is 0 Å². The van der Waals surface area contributed by atoms with Crippen LogP contribution in [0.1, 0.15) is 18.2 Å². The van der Waals surface area contributed by atoms with Crippen LogP contribution in [0.5, 0.6) is 0 Å². The number of rotatable bonds is 2. The van der Waals surface area contributed by atoms with E-state index in [-0.39, 0.29) is 5.82 Å². The first-order valence-electron chi connectivity index (χ1n) is 5.51. The Kier molecular flexibility index (Phi) is 4.12. The van der Waals surface area contributed by atoms with Crippen LogP contribution >= 0.6 is 31.9 Å². The third kappa shape index (κ3) is 2.62. The van der Waals surface area contributed by atoms with E-state index in [1.54, 1.807) is 12.1 Å². The van der Waals surface area contributed by atoms with Crippen molar-refractivity contribution in [2.75, 3.05) is 0 Å². The van der Waals surface area contributed by atoms with Gasteiger partial charge >= 0.3 is 0 Å². The van der Waals surface area contributed by atoms with Gasteiger partial charge in [-0.1, -0.05) is 22.9 Å². The Hall–Kier alpha value is -0.810. The molecule has 0 atom stereocenters. The summed E-state index contributed by atoms with van der Waals surface area (Å²) in [4.78, 5) is 8.68. The number of benzene rings is 1. The minimum Gasteiger partial charge on any atom is -0.233 e. The van der Waals surface area contributed by atoms with Crippen molar-refractivity contribution >= 4 is 31.9 Å². The number of hydrogen-bond donors (Lipinski definition) is 0. The monoisotopic (exact) mass is 372 g/mol. The van der Waals surface area contributed by atoms with Crippen molar-refractivity contribution in [1.82, 2.24) is 9.97 Å². The maximum Gasteiger partial charge on any atom is 0.163 e. The summed E-state index contributed by atoms with van der Waals surface area (Å²) in [5, 5.41) is 0. The Morgan fingerprint density at radius 1 is 1.22 bits per heavy atom. The summed E-state index contributed by atoms with van der Waals surface area (Å²) in [5.74, 6) is 0.0708. The summed E-state index contributed by atoms with van der Waals surface area (Å²) in [7, 11) is 0. The highest BCUT2D eigenvalue weighted by molar-refractivity contribution is 9.10. The van der Waals surface area contributed by atoms with Gasteiger partial charge in [0.05, 0.1) is 5.56 Å². The standard InChI is InChI=1S/C13H11Br2FN2/c1-3-9-7(2)17-13(18-12(9)15)10-5-4-8(14)6-11(10)16/h4-6H,3H2,1-2H3. The van der Waals surface area contributed by atoms with Crippen LogP contribution in [0, 0.1) is 12.7 Å². The average molecular weight is 374 g/mol. The second-order valence-corrected chi connectivity index (χ2v) is 5.55. The number of nitrogens with zero attached hydrogens (tertiary/aromatic N) is 2. The lowest BCUT2D eigenvalue weighted by molar-refractivity contribution is 0.629. The predicted octanol–water partition coefficient (Wildman–Crippen LogP) is 4.68. The summed E-state index contributed by atoms with van der Waals surface area (Å²) in [5.41, 5.74) is 2.33. The van der Waals surface area contributed by atoms with Gasteiger partial charge in [0.1, 0.15) is 10.4 Å². The molecule has 0 N–H and O–H groups in total. The number of hydrogen-bond acceptors (Lipinski definition) is 2. The molecule has 1 aromatic carbocycles. The molecule has 1 aromatic heterocycles. The molecule has 0 spiro atoms. The molecular formula is C13H11Br2FN2. The van der Waals surface area contributed by atoms with Gasteiger partial charge in [0, 0.05) is 15.7 Å². The van der Waals surface area contributed by atoms with Crippen LogP contribution in [0.15, 0.2) is 27.3 Å². The Bertz CT molecular complexity index is 577. The quantitative estimate of drug-likeness (QED) is 0.714. The van der Waals surface area contributed by atoms with E-state index < -0.39 is 0 Å². The fourth-order valence-corrected chi connectivity index (χ4v) is 2.82. The molecule has 0 fully saturated rings. The summed E-state index contributed by atoms with van der Waals surface area (Å²) < 4.78 is 15.3. The minimum atomic E-state index is -0.333. The summed E-state index contributed by atoms with van der Waals surface area (Å²) in [6.07, 6.45) is 0.843. The second-order valence-electron chi connectivity index (χ2n) is 3.88. The highest BCUT2D eigenvalue weighted by Crippen LogP contribution is 2.26. The first-order valence-corrected chi connectivity index (χ1v) is 7.10. The van der Waals surface area contributed by atoms with Crippen molar-refractivity contribution in [3.8, 4) is 11.4 Å². The SMILES string of the molecule is CCc1c(C)nc(-c2ccc(Br)cc2F)nc1Br. The van der Waals surface area contributed by atoms with E-state index in [9.17, 15) is 4.39 Å². The van der Waals surface area contributed by atoms with E-state index in [2.05, 4.69) is 41.8 Å². The number of aromatic nitrogens is 2. The maximum absolute atomic E-state index is 13.9. The zero-order chi connectivity index (χ0) is 13.3.